The molecule has 0 radical (unpaired) electrons. The summed E-state index contributed by atoms with van der Waals surface area (Å²) in [5.41, 5.74) is 1.11. The zero-order valence-electron chi connectivity index (χ0n) is 11.0. The van der Waals surface area contributed by atoms with Crippen LogP contribution < -0.4 is 10.6 Å². The summed E-state index contributed by atoms with van der Waals surface area (Å²) in [6.07, 6.45) is 5.94. The van der Waals surface area contributed by atoms with Gasteiger partial charge in [0.2, 0.25) is 5.95 Å². The number of hydrogen-bond acceptors (Lipinski definition) is 4. The van der Waals surface area contributed by atoms with Crippen molar-refractivity contribution in [2.24, 2.45) is 5.92 Å². The molecular weight excluding hydrogens is 212 g/mol. The third-order valence-electron chi connectivity index (χ3n) is 3.53. The van der Waals surface area contributed by atoms with Crippen molar-refractivity contribution in [3.8, 4) is 0 Å². The summed E-state index contributed by atoms with van der Waals surface area (Å²) in [7, 11) is 0. The van der Waals surface area contributed by atoms with Crippen LogP contribution in [0.5, 0.6) is 0 Å². The van der Waals surface area contributed by atoms with Crippen LogP contribution >= 0.6 is 0 Å². The van der Waals surface area contributed by atoms with Crippen molar-refractivity contribution >= 4 is 11.8 Å². The van der Waals surface area contributed by atoms with E-state index in [2.05, 4.69) is 27.5 Å². The monoisotopic (exact) mass is 234 g/mol. The minimum Gasteiger partial charge on any atom is -0.367 e. The highest BCUT2D eigenvalue weighted by Crippen LogP contribution is 2.31. The van der Waals surface area contributed by atoms with Crippen molar-refractivity contribution in [1.82, 2.24) is 9.97 Å². The van der Waals surface area contributed by atoms with Crippen LogP contribution in [0, 0.1) is 12.8 Å². The van der Waals surface area contributed by atoms with E-state index in [0.717, 1.165) is 23.8 Å². The summed E-state index contributed by atoms with van der Waals surface area (Å²) in [6.45, 7) is 7.19. The van der Waals surface area contributed by atoms with E-state index in [9.17, 15) is 0 Å². The van der Waals surface area contributed by atoms with Crippen LogP contribution in [-0.4, -0.2) is 22.6 Å². The highest BCUT2D eigenvalue weighted by Gasteiger charge is 2.24. The molecule has 0 aromatic carbocycles. The second-order valence-corrected chi connectivity index (χ2v) is 4.88. The lowest BCUT2D eigenvalue weighted by molar-refractivity contribution is 0.285. The highest BCUT2D eigenvalue weighted by atomic mass is 15.1. The molecule has 1 unspecified atom stereocenters. The highest BCUT2D eigenvalue weighted by molar-refractivity contribution is 5.47. The molecule has 2 rings (SSSR count). The van der Waals surface area contributed by atoms with Gasteiger partial charge in [0.05, 0.1) is 0 Å². The fourth-order valence-corrected chi connectivity index (χ4v) is 2.10. The second kappa shape index (κ2) is 5.34. The molecule has 1 heterocycles. The Bertz CT molecular complexity index is 374. The Hall–Kier alpha value is -1.32. The molecule has 1 aromatic rings. The van der Waals surface area contributed by atoms with Crippen LogP contribution in [0.15, 0.2) is 6.20 Å². The number of nitrogens with zero attached hydrogens (tertiary/aromatic N) is 2. The van der Waals surface area contributed by atoms with E-state index in [0.29, 0.717) is 12.0 Å². The van der Waals surface area contributed by atoms with Gasteiger partial charge in [-0.15, -0.1) is 0 Å². The molecule has 4 nitrogen and oxygen atoms in total. The summed E-state index contributed by atoms with van der Waals surface area (Å²) in [4.78, 5) is 8.76. The van der Waals surface area contributed by atoms with Gasteiger partial charge >= 0.3 is 0 Å². The zero-order valence-corrected chi connectivity index (χ0v) is 11.0. The Morgan fingerprint density at radius 2 is 2.24 bits per heavy atom. The summed E-state index contributed by atoms with van der Waals surface area (Å²) < 4.78 is 0. The van der Waals surface area contributed by atoms with Crippen LogP contribution in [0.2, 0.25) is 0 Å². The minimum atomic E-state index is 0.506. The van der Waals surface area contributed by atoms with Gasteiger partial charge in [-0.25, -0.2) is 4.98 Å². The first-order chi connectivity index (χ1) is 8.20. The molecular formula is C13H22N4. The van der Waals surface area contributed by atoms with Crippen molar-refractivity contribution < 1.29 is 0 Å². The maximum atomic E-state index is 4.51. The van der Waals surface area contributed by atoms with Crippen molar-refractivity contribution in [1.29, 1.82) is 0 Å². The normalized spacial score (nSPS) is 17.4. The topological polar surface area (TPSA) is 49.8 Å². The maximum Gasteiger partial charge on any atom is 0.224 e. The lowest BCUT2D eigenvalue weighted by atomic mass is 9.80. The van der Waals surface area contributed by atoms with Gasteiger partial charge in [-0.05, 0) is 39.5 Å². The van der Waals surface area contributed by atoms with E-state index < -0.39 is 0 Å². The number of aryl methyl sites for hydroxylation is 1. The molecule has 1 atom stereocenters. The van der Waals surface area contributed by atoms with Crippen LogP contribution in [0.25, 0.3) is 0 Å². The molecule has 0 amide bonds. The van der Waals surface area contributed by atoms with Crippen LogP contribution in [0.1, 0.15) is 38.7 Å². The fraction of sp³-hybridized carbons (Fsp3) is 0.692. The fourth-order valence-electron chi connectivity index (χ4n) is 2.10. The van der Waals surface area contributed by atoms with E-state index in [1.54, 1.807) is 0 Å². The van der Waals surface area contributed by atoms with Crippen molar-refractivity contribution in [3.05, 3.63) is 11.8 Å². The van der Waals surface area contributed by atoms with Crippen LogP contribution in [0.3, 0.4) is 0 Å². The molecule has 0 bridgehead atoms. The molecule has 0 saturated heterocycles. The van der Waals surface area contributed by atoms with Gasteiger partial charge in [0, 0.05) is 24.3 Å². The molecule has 0 aliphatic heterocycles. The van der Waals surface area contributed by atoms with Gasteiger partial charge in [-0.3, -0.25) is 0 Å². The smallest absolute Gasteiger partial charge is 0.224 e. The average Bonchev–Trinajstić information content (AvgIpc) is 2.21. The van der Waals surface area contributed by atoms with Crippen molar-refractivity contribution in [2.75, 3.05) is 17.2 Å². The van der Waals surface area contributed by atoms with Gasteiger partial charge in [0.15, 0.2) is 0 Å². The molecule has 94 valence electrons. The van der Waals surface area contributed by atoms with E-state index >= 15 is 0 Å². The first-order valence-corrected chi connectivity index (χ1v) is 6.54. The first kappa shape index (κ1) is 12.1. The molecule has 1 fully saturated rings. The molecule has 1 aliphatic carbocycles. The average molecular weight is 234 g/mol. The molecule has 1 aliphatic rings. The Kier molecular flexibility index (Phi) is 3.82. The van der Waals surface area contributed by atoms with Gasteiger partial charge in [-0.2, -0.15) is 4.98 Å². The van der Waals surface area contributed by atoms with E-state index in [4.69, 9.17) is 0 Å². The SMILES string of the molecule is CCNc1ncc(C)c(NC(C)C2CCC2)n1. The van der Waals surface area contributed by atoms with Crippen LogP contribution in [0.4, 0.5) is 11.8 Å². The molecule has 17 heavy (non-hydrogen) atoms. The lowest BCUT2D eigenvalue weighted by Crippen LogP contribution is -2.31. The number of nitrogens with one attached hydrogen (secondary N) is 2. The lowest BCUT2D eigenvalue weighted by Gasteiger charge is -2.32. The summed E-state index contributed by atoms with van der Waals surface area (Å²) in [5, 5.41) is 6.66. The quantitative estimate of drug-likeness (QED) is 0.822. The molecule has 1 aromatic heterocycles. The van der Waals surface area contributed by atoms with Gasteiger partial charge < -0.3 is 10.6 Å². The molecule has 1 saturated carbocycles. The minimum absolute atomic E-state index is 0.506. The largest absolute Gasteiger partial charge is 0.367 e. The predicted octanol–water partition coefficient (Wildman–Crippen LogP) is 2.82. The molecule has 4 heteroatoms. The van der Waals surface area contributed by atoms with Gasteiger partial charge in [0.1, 0.15) is 5.82 Å². The first-order valence-electron chi connectivity index (χ1n) is 6.54. The molecule has 0 spiro atoms. The summed E-state index contributed by atoms with van der Waals surface area (Å²) >= 11 is 0. The second-order valence-electron chi connectivity index (χ2n) is 4.88. The summed E-state index contributed by atoms with van der Waals surface area (Å²) in [5.74, 6) is 2.49. The van der Waals surface area contributed by atoms with Crippen LogP contribution in [-0.2, 0) is 0 Å². The third-order valence-corrected chi connectivity index (χ3v) is 3.53. The third kappa shape index (κ3) is 2.87. The van der Waals surface area contributed by atoms with Crippen molar-refractivity contribution in [2.45, 2.75) is 46.1 Å². The number of aromatic nitrogens is 2. The Labute approximate surface area is 103 Å². The standard InChI is InChI=1S/C13H22N4/c1-4-14-13-15-8-9(2)12(17-13)16-10(3)11-6-5-7-11/h8,10-11H,4-7H2,1-3H3,(H2,14,15,16,17). The Balaban J connectivity index is 2.04. The van der Waals surface area contributed by atoms with Gasteiger partial charge in [0.25, 0.3) is 0 Å². The Morgan fingerprint density at radius 3 is 2.82 bits per heavy atom. The van der Waals surface area contributed by atoms with E-state index in [-0.39, 0.29) is 0 Å². The zero-order chi connectivity index (χ0) is 12.3. The van der Waals surface area contributed by atoms with Gasteiger partial charge in [-0.1, -0.05) is 6.42 Å². The number of hydrogen-bond donors (Lipinski definition) is 2. The molecule has 2 N–H and O–H groups in total. The number of anilines is 2. The number of rotatable bonds is 5. The summed E-state index contributed by atoms with van der Waals surface area (Å²) in [6, 6.07) is 0.506. The maximum absolute atomic E-state index is 4.51. The Morgan fingerprint density at radius 1 is 1.47 bits per heavy atom. The predicted molar refractivity (Wildman–Crippen MR) is 71.4 cm³/mol. The van der Waals surface area contributed by atoms with Crippen molar-refractivity contribution in [3.63, 3.8) is 0 Å². The van der Waals surface area contributed by atoms with E-state index in [1.807, 2.05) is 20.0 Å². The van der Waals surface area contributed by atoms with E-state index in [1.165, 1.54) is 19.3 Å².